The van der Waals surface area contributed by atoms with Gasteiger partial charge in [0.1, 0.15) is 5.82 Å². The molecule has 1 heterocycles. The minimum atomic E-state index is -0.182. The molecule has 0 spiro atoms. The third-order valence-electron chi connectivity index (χ3n) is 2.74. The Bertz CT molecular complexity index is 512. The lowest BCUT2D eigenvalue weighted by Gasteiger charge is -2.14. The van der Waals surface area contributed by atoms with Crippen molar-refractivity contribution >= 4 is 39.0 Å². The molecule has 0 saturated heterocycles. The van der Waals surface area contributed by atoms with Crippen LogP contribution in [0.3, 0.4) is 0 Å². The van der Waals surface area contributed by atoms with Crippen LogP contribution < -0.4 is 5.32 Å². The largest absolute Gasteiger partial charge is 0.316 e. The Hall–Kier alpha value is -0.360. The highest BCUT2D eigenvalue weighted by Gasteiger charge is 2.09. The zero-order chi connectivity index (χ0) is 13.7. The Balaban J connectivity index is 1.87. The lowest BCUT2D eigenvalue weighted by molar-refractivity contribution is 0.621. The number of thiophene rings is 1. The minimum Gasteiger partial charge on any atom is -0.316 e. The molecular weight excluding hydrogens is 345 g/mol. The number of hydrogen-bond acceptors (Lipinski definition) is 3. The van der Waals surface area contributed by atoms with Crippen LogP contribution >= 0.6 is 39.0 Å². The molecule has 1 unspecified atom stereocenters. The summed E-state index contributed by atoms with van der Waals surface area (Å²) in [5.74, 6) is 0.787. The Labute approximate surface area is 129 Å². The van der Waals surface area contributed by atoms with E-state index in [4.69, 9.17) is 0 Å². The number of rotatable bonds is 6. The van der Waals surface area contributed by atoms with Crippen LogP contribution in [-0.4, -0.2) is 18.8 Å². The van der Waals surface area contributed by atoms with Gasteiger partial charge in [0.05, 0.1) is 0 Å². The van der Waals surface area contributed by atoms with Crippen LogP contribution in [0.2, 0.25) is 0 Å². The molecule has 19 heavy (non-hydrogen) atoms. The molecule has 2 rings (SSSR count). The van der Waals surface area contributed by atoms with Gasteiger partial charge in [-0.25, -0.2) is 4.39 Å². The van der Waals surface area contributed by atoms with Crippen molar-refractivity contribution in [1.82, 2.24) is 5.32 Å². The third kappa shape index (κ3) is 4.91. The van der Waals surface area contributed by atoms with E-state index >= 15 is 0 Å². The van der Waals surface area contributed by atoms with Gasteiger partial charge in [-0.2, -0.15) is 0 Å². The highest BCUT2D eigenvalue weighted by Crippen LogP contribution is 2.24. The van der Waals surface area contributed by atoms with E-state index in [-0.39, 0.29) is 5.82 Å². The molecule has 0 fully saturated rings. The van der Waals surface area contributed by atoms with Crippen LogP contribution in [0.25, 0.3) is 0 Å². The van der Waals surface area contributed by atoms with Crippen LogP contribution in [0.4, 0.5) is 4.39 Å². The number of nitrogens with one attached hydrogen (secondary N) is 1. The standard InChI is InChI=1S/C14H15BrFNS2/c1-17-12(7-14-6-10(15)8-18-14)9-19-13-4-2-11(16)3-5-13/h2-6,8,12,17H,7,9H2,1H3. The van der Waals surface area contributed by atoms with Gasteiger partial charge in [0.15, 0.2) is 0 Å². The predicted octanol–water partition coefficient (Wildman–Crippen LogP) is 4.57. The van der Waals surface area contributed by atoms with E-state index in [0.29, 0.717) is 6.04 Å². The maximum atomic E-state index is 12.8. The van der Waals surface area contributed by atoms with Crippen molar-refractivity contribution in [2.24, 2.45) is 0 Å². The van der Waals surface area contributed by atoms with Crippen molar-refractivity contribution in [2.75, 3.05) is 12.8 Å². The Morgan fingerprint density at radius 3 is 2.68 bits per heavy atom. The molecule has 0 saturated carbocycles. The highest BCUT2D eigenvalue weighted by molar-refractivity contribution is 9.10. The highest BCUT2D eigenvalue weighted by atomic mass is 79.9. The summed E-state index contributed by atoms with van der Waals surface area (Å²) in [4.78, 5) is 2.47. The summed E-state index contributed by atoms with van der Waals surface area (Å²) in [6.45, 7) is 0. The summed E-state index contributed by atoms with van der Waals surface area (Å²) in [5.41, 5.74) is 0. The van der Waals surface area contributed by atoms with Gasteiger partial charge in [0, 0.05) is 31.4 Å². The van der Waals surface area contributed by atoms with Crippen molar-refractivity contribution in [3.05, 3.63) is 50.9 Å². The molecule has 1 aromatic heterocycles. The molecule has 2 aromatic rings. The molecule has 0 radical (unpaired) electrons. The fourth-order valence-electron chi connectivity index (χ4n) is 1.68. The quantitative estimate of drug-likeness (QED) is 0.758. The van der Waals surface area contributed by atoms with E-state index in [1.807, 2.05) is 19.2 Å². The smallest absolute Gasteiger partial charge is 0.123 e. The molecule has 0 aliphatic rings. The van der Waals surface area contributed by atoms with Gasteiger partial charge in [-0.05, 0) is 59.7 Å². The van der Waals surface area contributed by atoms with Crippen LogP contribution in [0.1, 0.15) is 4.88 Å². The molecule has 102 valence electrons. The van der Waals surface area contributed by atoms with E-state index in [2.05, 4.69) is 32.7 Å². The summed E-state index contributed by atoms with van der Waals surface area (Å²) in [6.07, 6.45) is 1.01. The first-order chi connectivity index (χ1) is 9.17. The first kappa shape index (κ1) is 15.0. The van der Waals surface area contributed by atoms with E-state index in [1.54, 1.807) is 23.1 Å². The topological polar surface area (TPSA) is 12.0 Å². The van der Waals surface area contributed by atoms with E-state index in [0.717, 1.165) is 21.5 Å². The average molecular weight is 360 g/mol. The molecule has 0 amide bonds. The number of hydrogen-bond donors (Lipinski definition) is 1. The van der Waals surface area contributed by atoms with Crippen molar-refractivity contribution in [3.8, 4) is 0 Å². The fraction of sp³-hybridized carbons (Fsp3) is 0.286. The maximum Gasteiger partial charge on any atom is 0.123 e. The van der Waals surface area contributed by atoms with Gasteiger partial charge in [0.2, 0.25) is 0 Å². The molecule has 1 atom stereocenters. The second kappa shape index (κ2) is 7.43. The van der Waals surface area contributed by atoms with Gasteiger partial charge in [-0.15, -0.1) is 23.1 Å². The Morgan fingerprint density at radius 2 is 2.11 bits per heavy atom. The Kier molecular flexibility index (Phi) is 5.88. The van der Waals surface area contributed by atoms with Crippen LogP contribution in [0, 0.1) is 5.82 Å². The first-order valence-electron chi connectivity index (χ1n) is 5.96. The van der Waals surface area contributed by atoms with Gasteiger partial charge >= 0.3 is 0 Å². The SMILES string of the molecule is CNC(CSc1ccc(F)cc1)Cc1cc(Br)cs1. The molecule has 0 bridgehead atoms. The molecule has 1 aromatic carbocycles. The monoisotopic (exact) mass is 359 g/mol. The van der Waals surface area contributed by atoms with Crippen molar-refractivity contribution in [3.63, 3.8) is 0 Å². The van der Waals surface area contributed by atoms with Gasteiger partial charge in [-0.3, -0.25) is 0 Å². The lowest BCUT2D eigenvalue weighted by Crippen LogP contribution is -2.29. The average Bonchev–Trinajstić information content (AvgIpc) is 2.82. The molecule has 1 N–H and O–H groups in total. The van der Waals surface area contributed by atoms with Crippen LogP contribution in [0.15, 0.2) is 45.1 Å². The normalized spacial score (nSPS) is 12.6. The van der Waals surface area contributed by atoms with Crippen molar-refractivity contribution in [1.29, 1.82) is 0 Å². The zero-order valence-corrected chi connectivity index (χ0v) is 13.7. The van der Waals surface area contributed by atoms with Gasteiger partial charge in [0.25, 0.3) is 0 Å². The lowest BCUT2D eigenvalue weighted by atomic mass is 10.2. The second-order valence-corrected chi connectivity index (χ2v) is 7.19. The Morgan fingerprint density at radius 1 is 1.37 bits per heavy atom. The molecule has 1 nitrogen and oxygen atoms in total. The summed E-state index contributed by atoms with van der Waals surface area (Å²) < 4.78 is 14.0. The number of thioether (sulfide) groups is 1. The van der Waals surface area contributed by atoms with E-state index in [9.17, 15) is 4.39 Å². The van der Waals surface area contributed by atoms with Gasteiger partial charge in [-0.1, -0.05) is 0 Å². The number of halogens is 2. The molecular formula is C14H15BrFNS2. The van der Waals surface area contributed by atoms with E-state index in [1.165, 1.54) is 17.0 Å². The fourth-order valence-corrected chi connectivity index (χ4v) is 4.21. The van der Waals surface area contributed by atoms with E-state index < -0.39 is 0 Å². The summed E-state index contributed by atoms with van der Waals surface area (Å²) in [5, 5.41) is 5.44. The maximum absolute atomic E-state index is 12.8. The van der Waals surface area contributed by atoms with Crippen LogP contribution in [0.5, 0.6) is 0 Å². The van der Waals surface area contributed by atoms with Crippen molar-refractivity contribution < 1.29 is 4.39 Å². The first-order valence-corrected chi connectivity index (χ1v) is 8.61. The zero-order valence-electron chi connectivity index (χ0n) is 10.5. The molecule has 5 heteroatoms. The number of benzene rings is 1. The summed E-state index contributed by atoms with van der Waals surface area (Å²) >= 11 is 7.00. The minimum absolute atomic E-state index is 0.182. The summed E-state index contributed by atoms with van der Waals surface area (Å²) in [7, 11) is 1.98. The summed E-state index contributed by atoms with van der Waals surface area (Å²) in [6, 6.07) is 9.25. The third-order valence-corrected chi connectivity index (χ3v) is 5.64. The molecule has 0 aliphatic carbocycles. The van der Waals surface area contributed by atoms with Crippen LogP contribution in [-0.2, 0) is 6.42 Å². The second-order valence-electron chi connectivity index (χ2n) is 4.19. The van der Waals surface area contributed by atoms with Gasteiger partial charge < -0.3 is 5.32 Å². The number of likely N-dealkylation sites (N-methyl/N-ethyl adjacent to an activating group) is 1. The van der Waals surface area contributed by atoms with Crippen molar-refractivity contribution in [2.45, 2.75) is 17.4 Å². The molecule has 0 aliphatic heterocycles. The predicted molar refractivity (Wildman–Crippen MR) is 85.7 cm³/mol.